The third-order valence-electron chi connectivity index (χ3n) is 10.7. The van der Waals surface area contributed by atoms with Gasteiger partial charge < -0.3 is 9.84 Å². The summed E-state index contributed by atoms with van der Waals surface area (Å²) in [6, 6.07) is 0. The van der Waals surface area contributed by atoms with Gasteiger partial charge in [0.05, 0.1) is 6.10 Å². The van der Waals surface area contributed by atoms with E-state index in [4.69, 9.17) is 4.74 Å². The highest BCUT2D eigenvalue weighted by Gasteiger charge is 2.62. The third kappa shape index (κ3) is 3.79. The zero-order valence-corrected chi connectivity index (χ0v) is 20.1. The molecule has 0 aromatic rings. The first-order valence-corrected chi connectivity index (χ1v) is 13.4. The number of rotatable bonds is 4. The summed E-state index contributed by atoms with van der Waals surface area (Å²) in [4.78, 5) is 24.8. The van der Waals surface area contributed by atoms with Gasteiger partial charge in [-0.2, -0.15) is 0 Å². The number of aliphatic hydroxyl groups is 1. The molecule has 4 saturated carbocycles. The van der Waals surface area contributed by atoms with Gasteiger partial charge >= 0.3 is 5.97 Å². The minimum absolute atomic E-state index is 0.00261. The number of esters is 1. The SMILES string of the molecule is C[C@]12CC[C@H]3[C@@H]([C@H](O)CC4=CC(=O)CC[C@@]43C)[C@@H]1CC[C@@H]2OC(=O)CCC1CCCCC1. The molecule has 0 saturated heterocycles. The predicted octanol–water partition coefficient (Wildman–Crippen LogP) is 5.76. The van der Waals surface area contributed by atoms with Crippen molar-refractivity contribution in [2.45, 2.75) is 116 Å². The number of aliphatic hydroxyl groups excluding tert-OH is 1. The van der Waals surface area contributed by atoms with Gasteiger partial charge in [-0.15, -0.1) is 0 Å². The fourth-order valence-corrected chi connectivity index (χ4v) is 8.69. The Morgan fingerprint density at radius 2 is 1.84 bits per heavy atom. The van der Waals surface area contributed by atoms with E-state index < -0.39 is 0 Å². The van der Waals surface area contributed by atoms with Crippen molar-refractivity contribution in [2.75, 3.05) is 0 Å². The molecule has 5 aliphatic carbocycles. The van der Waals surface area contributed by atoms with E-state index in [1.165, 1.54) is 37.7 Å². The first kappa shape index (κ1) is 22.6. The van der Waals surface area contributed by atoms with Gasteiger partial charge in [0.15, 0.2) is 5.78 Å². The van der Waals surface area contributed by atoms with Crippen LogP contribution in [0.15, 0.2) is 11.6 Å². The van der Waals surface area contributed by atoms with Crippen molar-refractivity contribution in [2.24, 2.45) is 34.5 Å². The van der Waals surface area contributed by atoms with E-state index in [1.54, 1.807) is 0 Å². The first-order valence-electron chi connectivity index (χ1n) is 13.4. The molecular formula is C28H42O4. The Labute approximate surface area is 193 Å². The quantitative estimate of drug-likeness (QED) is 0.562. The maximum Gasteiger partial charge on any atom is 0.306 e. The number of hydrogen-bond donors (Lipinski definition) is 1. The summed E-state index contributed by atoms with van der Waals surface area (Å²) in [7, 11) is 0. The van der Waals surface area contributed by atoms with Crippen LogP contribution in [0.5, 0.6) is 0 Å². The van der Waals surface area contributed by atoms with Crippen LogP contribution in [-0.2, 0) is 14.3 Å². The maximum atomic E-state index is 12.8. The number of fused-ring (bicyclic) bond motifs is 5. The highest BCUT2D eigenvalue weighted by molar-refractivity contribution is 5.91. The van der Waals surface area contributed by atoms with Crippen LogP contribution in [0.1, 0.15) is 104 Å². The minimum atomic E-state index is -0.379. The minimum Gasteiger partial charge on any atom is -0.462 e. The molecule has 0 aromatic heterocycles. The molecule has 5 rings (SSSR count). The number of carbonyl (C=O) groups is 2. The second-order valence-corrected chi connectivity index (χ2v) is 12.3. The molecule has 4 fully saturated rings. The highest BCUT2D eigenvalue weighted by atomic mass is 16.5. The third-order valence-corrected chi connectivity index (χ3v) is 10.7. The van der Waals surface area contributed by atoms with Crippen molar-refractivity contribution >= 4 is 11.8 Å². The summed E-state index contributed by atoms with van der Waals surface area (Å²) in [5, 5.41) is 11.2. The van der Waals surface area contributed by atoms with E-state index in [2.05, 4.69) is 13.8 Å². The Bertz CT molecular complexity index is 780. The average molecular weight is 443 g/mol. The maximum absolute atomic E-state index is 12.8. The van der Waals surface area contributed by atoms with Gasteiger partial charge in [-0.3, -0.25) is 9.59 Å². The molecule has 7 atom stereocenters. The fourth-order valence-electron chi connectivity index (χ4n) is 8.69. The zero-order chi connectivity index (χ0) is 22.5. The van der Waals surface area contributed by atoms with E-state index in [9.17, 15) is 14.7 Å². The molecule has 0 aliphatic heterocycles. The van der Waals surface area contributed by atoms with E-state index in [-0.39, 0.29) is 40.7 Å². The molecular weight excluding hydrogens is 400 g/mol. The van der Waals surface area contributed by atoms with Crippen LogP contribution in [0.25, 0.3) is 0 Å². The lowest BCUT2D eigenvalue weighted by Gasteiger charge is -2.59. The van der Waals surface area contributed by atoms with Crippen molar-refractivity contribution in [1.29, 1.82) is 0 Å². The monoisotopic (exact) mass is 442 g/mol. The molecule has 0 radical (unpaired) electrons. The molecule has 4 heteroatoms. The molecule has 0 heterocycles. The van der Waals surface area contributed by atoms with Crippen LogP contribution in [0, 0.1) is 34.5 Å². The lowest BCUT2D eigenvalue weighted by atomic mass is 9.46. The Hall–Kier alpha value is -1.16. The van der Waals surface area contributed by atoms with Gasteiger partial charge in [-0.25, -0.2) is 0 Å². The standard InChI is InChI=1S/C28H42O4/c1-27-14-12-20(29)16-19(27)17-23(30)26-21-9-10-24(28(21,2)15-13-22(26)27)32-25(31)11-8-18-6-4-3-5-7-18/h16,18,21-24,26,30H,3-15,17H2,1-2H3/t21-,22-,23+,24-,26-,27-,28-/m0/s1. The average Bonchev–Trinajstić information content (AvgIpc) is 3.10. The van der Waals surface area contributed by atoms with Crippen LogP contribution in [0.4, 0.5) is 0 Å². The zero-order valence-electron chi connectivity index (χ0n) is 20.1. The van der Waals surface area contributed by atoms with E-state index in [0.29, 0.717) is 37.0 Å². The Morgan fingerprint density at radius 1 is 1.06 bits per heavy atom. The summed E-state index contributed by atoms with van der Waals surface area (Å²) in [5.74, 6) is 2.03. The van der Waals surface area contributed by atoms with Crippen molar-refractivity contribution < 1.29 is 19.4 Å². The number of hydrogen-bond acceptors (Lipinski definition) is 4. The largest absolute Gasteiger partial charge is 0.462 e. The normalized spacial score (nSPS) is 44.3. The number of ether oxygens (including phenoxy) is 1. The van der Waals surface area contributed by atoms with Gasteiger partial charge in [0.25, 0.3) is 0 Å². The van der Waals surface area contributed by atoms with Crippen molar-refractivity contribution in [3.05, 3.63) is 11.6 Å². The van der Waals surface area contributed by atoms with Crippen molar-refractivity contribution in [1.82, 2.24) is 0 Å². The Balaban J connectivity index is 1.26. The van der Waals surface area contributed by atoms with Crippen LogP contribution in [0.3, 0.4) is 0 Å². The second-order valence-electron chi connectivity index (χ2n) is 12.3. The summed E-state index contributed by atoms with van der Waals surface area (Å²) < 4.78 is 6.16. The summed E-state index contributed by atoms with van der Waals surface area (Å²) in [6.45, 7) is 4.67. The summed E-state index contributed by atoms with van der Waals surface area (Å²) >= 11 is 0. The summed E-state index contributed by atoms with van der Waals surface area (Å²) in [5.41, 5.74) is 1.22. The van der Waals surface area contributed by atoms with Gasteiger partial charge in [0.2, 0.25) is 0 Å². The Kier molecular flexibility index (Phi) is 6.05. The van der Waals surface area contributed by atoms with E-state index in [0.717, 1.165) is 38.5 Å². The molecule has 4 nitrogen and oxygen atoms in total. The fraction of sp³-hybridized carbons (Fsp3) is 0.857. The van der Waals surface area contributed by atoms with Gasteiger partial charge in [-0.05, 0) is 80.1 Å². The molecule has 178 valence electrons. The molecule has 32 heavy (non-hydrogen) atoms. The first-order chi connectivity index (χ1) is 15.3. The molecule has 0 amide bonds. The molecule has 0 unspecified atom stereocenters. The predicted molar refractivity (Wildman–Crippen MR) is 124 cm³/mol. The number of carbonyl (C=O) groups excluding carboxylic acids is 2. The lowest BCUT2D eigenvalue weighted by Crippen LogP contribution is -2.56. The summed E-state index contributed by atoms with van der Waals surface area (Å²) in [6.07, 6.45) is 15.9. The van der Waals surface area contributed by atoms with Gasteiger partial charge in [0.1, 0.15) is 6.10 Å². The van der Waals surface area contributed by atoms with Crippen LogP contribution in [0.2, 0.25) is 0 Å². The number of ketones is 1. The Morgan fingerprint density at radius 3 is 2.62 bits per heavy atom. The molecule has 5 aliphatic rings. The smallest absolute Gasteiger partial charge is 0.306 e. The lowest BCUT2D eigenvalue weighted by molar-refractivity contribution is -0.164. The van der Waals surface area contributed by atoms with Crippen molar-refractivity contribution in [3.8, 4) is 0 Å². The van der Waals surface area contributed by atoms with Crippen LogP contribution < -0.4 is 0 Å². The molecule has 0 aromatic carbocycles. The molecule has 0 spiro atoms. The topological polar surface area (TPSA) is 63.6 Å². The van der Waals surface area contributed by atoms with Gasteiger partial charge in [-0.1, -0.05) is 51.5 Å². The van der Waals surface area contributed by atoms with Crippen LogP contribution in [-0.4, -0.2) is 29.1 Å². The molecule has 0 bridgehead atoms. The highest BCUT2D eigenvalue weighted by Crippen LogP contribution is 2.65. The van der Waals surface area contributed by atoms with Crippen molar-refractivity contribution in [3.63, 3.8) is 0 Å². The second kappa shape index (κ2) is 8.56. The molecule has 1 N–H and O–H groups in total. The van der Waals surface area contributed by atoms with Gasteiger partial charge in [0, 0.05) is 18.3 Å². The van der Waals surface area contributed by atoms with E-state index in [1.807, 2.05) is 6.08 Å². The van der Waals surface area contributed by atoms with Crippen LogP contribution >= 0.6 is 0 Å². The van der Waals surface area contributed by atoms with E-state index >= 15 is 0 Å².